The van der Waals surface area contributed by atoms with Gasteiger partial charge in [0.15, 0.2) is 11.5 Å². The van der Waals surface area contributed by atoms with Gasteiger partial charge in [-0.2, -0.15) is 0 Å². The summed E-state index contributed by atoms with van der Waals surface area (Å²) in [7, 11) is 0. The van der Waals surface area contributed by atoms with E-state index in [1.807, 2.05) is 0 Å². The van der Waals surface area contributed by atoms with Crippen LogP contribution in [0.15, 0.2) is 36.4 Å². The number of nitrogens with zero attached hydrogens (tertiary/aromatic N) is 1. The van der Waals surface area contributed by atoms with Gasteiger partial charge in [-0.15, -0.1) is 0 Å². The third-order valence-electron chi connectivity index (χ3n) is 3.16. The van der Waals surface area contributed by atoms with Crippen LogP contribution in [0.4, 0.5) is 16.2 Å². The zero-order valence-corrected chi connectivity index (χ0v) is 12.4. The van der Waals surface area contributed by atoms with Gasteiger partial charge in [-0.25, -0.2) is 9.69 Å². The number of phenolic OH excluding ortho intramolecular Hbond substituents is 1. The van der Waals surface area contributed by atoms with Gasteiger partial charge in [0.2, 0.25) is 13.2 Å². The molecule has 3 amide bonds. The first-order valence-electron chi connectivity index (χ1n) is 6.52. The molecule has 1 aliphatic rings. The van der Waals surface area contributed by atoms with Crippen LogP contribution in [0.2, 0.25) is 5.02 Å². The van der Waals surface area contributed by atoms with Gasteiger partial charge in [-0.3, -0.25) is 4.79 Å². The van der Waals surface area contributed by atoms with Crippen molar-refractivity contribution in [2.75, 3.05) is 17.0 Å². The van der Waals surface area contributed by atoms with Gasteiger partial charge in [0.05, 0.1) is 10.7 Å². The third-order valence-corrected chi connectivity index (χ3v) is 3.46. The molecule has 0 atom stereocenters. The van der Waals surface area contributed by atoms with Gasteiger partial charge in [0.25, 0.3) is 0 Å². The quantitative estimate of drug-likeness (QED) is 0.842. The lowest BCUT2D eigenvalue weighted by molar-refractivity contribution is -0.106. The molecule has 7 nitrogen and oxygen atoms in total. The van der Waals surface area contributed by atoms with Gasteiger partial charge >= 0.3 is 6.03 Å². The largest absolute Gasteiger partial charge is 0.506 e. The van der Waals surface area contributed by atoms with Crippen LogP contribution in [0.5, 0.6) is 17.2 Å². The molecule has 8 heteroatoms. The van der Waals surface area contributed by atoms with Crippen molar-refractivity contribution in [1.82, 2.24) is 0 Å². The predicted octanol–water partition coefficient (Wildman–Crippen LogP) is 2.97. The van der Waals surface area contributed by atoms with E-state index in [1.165, 1.54) is 18.2 Å². The van der Waals surface area contributed by atoms with Crippen LogP contribution in [0.1, 0.15) is 0 Å². The molecule has 3 rings (SSSR count). The maximum absolute atomic E-state index is 12.2. The molecule has 0 bridgehead atoms. The zero-order chi connectivity index (χ0) is 16.4. The van der Waals surface area contributed by atoms with Crippen molar-refractivity contribution in [3.63, 3.8) is 0 Å². The monoisotopic (exact) mass is 334 g/mol. The lowest BCUT2D eigenvalue weighted by atomic mass is 10.2. The topological polar surface area (TPSA) is 88.1 Å². The summed E-state index contributed by atoms with van der Waals surface area (Å²) in [5.41, 5.74) is 0.664. The Kier molecular flexibility index (Phi) is 3.94. The Bertz CT molecular complexity index is 780. The molecule has 0 spiro atoms. The number of ether oxygens (including phenoxy) is 2. The lowest BCUT2D eigenvalue weighted by Crippen LogP contribution is -2.33. The van der Waals surface area contributed by atoms with Crippen LogP contribution in [0.25, 0.3) is 0 Å². The van der Waals surface area contributed by atoms with Crippen LogP contribution >= 0.6 is 11.6 Å². The maximum Gasteiger partial charge on any atom is 0.332 e. The minimum absolute atomic E-state index is 0.0326. The van der Waals surface area contributed by atoms with E-state index in [4.69, 9.17) is 21.1 Å². The number of imide groups is 1. The van der Waals surface area contributed by atoms with Crippen molar-refractivity contribution < 1.29 is 24.2 Å². The Labute approximate surface area is 136 Å². The van der Waals surface area contributed by atoms with E-state index in [0.29, 0.717) is 23.6 Å². The number of nitrogens with one attached hydrogen (secondary N) is 1. The summed E-state index contributed by atoms with van der Waals surface area (Å²) in [4.78, 5) is 24.3. The second-order valence-electron chi connectivity index (χ2n) is 4.61. The molecule has 0 aliphatic carbocycles. The SMILES string of the molecule is O=CN(C(=O)Nc1ccc2c(c1)OCO2)c1ccc(O)c(Cl)c1. The molecule has 0 fully saturated rings. The van der Waals surface area contributed by atoms with Crippen LogP contribution in [0, 0.1) is 0 Å². The standard InChI is InChI=1S/C15H11ClN2O5/c16-11-6-10(2-3-12(11)20)18(7-19)15(21)17-9-1-4-13-14(5-9)23-8-22-13/h1-7,20H,8H2,(H,17,21). The van der Waals surface area contributed by atoms with E-state index >= 15 is 0 Å². The van der Waals surface area contributed by atoms with Crippen molar-refractivity contribution in [2.24, 2.45) is 0 Å². The number of fused-ring (bicyclic) bond motifs is 1. The first-order chi connectivity index (χ1) is 11.1. The summed E-state index contributed by atoms with van der Waals surface area (Å²) >= 11 is 5.79. The van der Waals surface area contributed by atoms with Crippen molar-refractivity contribution in [2.45, 2.75) is 0 Å². The van der Waals surface area contributed by atoms with Crippen LogP contribution in [-0.2, 0) is 4.79 Å². The summed E-state index contributed by atoms with van der Waals surface area (Å²) in [5, 5.41) is 12.0. The number of anilines is 2. The number of phenols is 1. The number of amides is 3. The summed E-state index contributed by atoms with van der Waals surface area (Å²) in [5.74, 6) is 0.950. The number of aromatic hydroxyl groups is 1. The zero-order valence-electron chi connectivity index (χ0n) is 11.7. The Morgan fingerprint density at radius 2 is 2.00 bits per heavy atom. The fraction of sp³-hybridized carbons (Fsp3) is 0.0667. The van der Waals surface area contributed by atoms with E-state index in [9.17, 15) is 14.7 Å². The molecule has 0 unspecified atom stereocenters. The lowest BCUT2D eigenvalue weighted by Gasteiger charge is -2.17. The summed E-state index contributed by atoms with van der Waals surface area (Å²) in [6.07, 6.45) is 0.352. The minimum atomic E-state index is -0.680. The highest BCUT2D eigenvalue weighted by Gasteiger charge is 2.18. The van der Waals surface area contributed by atoms with Gasteiger partial charge in [-0.1, -0.05) is 11.6 Å². The molecule has 2 aromatic rings. The molecule has 2 aromatic carbocycles. The second-order valence-corrected chi connectivity index (χ2v) is 5.02. The van der Waals surface area contributed by atoms with Crippen molar-refractivity contribution >= 4 is 35.4 Å². The number of carbonyl (C=O) groups is 2. The third kappa shape index (κ3) is 3.00. The smallest absolute Gasteiger partial charge is 0.332 e. The molecule has 0 radical (unpaired) electrons. The predicted molar refractivity (Wildman–Crippen MR) is 83.2 cm³/mol. The van der Waals surface area contributed by atoms with Crippen LogP contribution < -0.4 is 19.7 Å². The van der Waals surface area contributed by atoms with Crippen LogP contribution in [0.3, 0.4) is 0 Å². The van der Waals surface area contributed by atoms with Gasteiger partial charge in [-0.05, 0) is 30.3 Å². The first-order valence-corrected chi connectivity index (χ1v) is 6.90. The Hall–Kier alpha value is -2.93. The first kappa shape index (κ1) is 15.0. The van der Waals surface area contributed by atoms with Gasteiger partial charge < -0.3 is 19.9 Å². The summed E-state index contributed by atoms with van der Waals surface area (Å²) in [6, 6.07) is 8.19. The number of carbonyl (C=O) groups excluding carboxylic acids is 2. The Morgan fingerprint density at radius 1 is 1.22 bits per heavy atom. The van der Waals surface area contributed by atoms with Crippen molar-refractivity contribution in [3.05, 3.63) is 41.4 Å². The fourth-order valence-electron chi connectivity index (χ4n) is 2.03. The van der Waals surface area contributed by atoms with Gasteiger partial charge in [0.1, 0.15) is 5.75 Å². The molecule has 2 N–H and O–H groups in total. The average molecular weight is 335 g/mol. The van der Waals surface area contributed by atoms with E-state index in [1.54, 1.807) is 18.2 Å². The number of hydrogen-bond donors (Lipinski definition) is 2. The van der Waals surface area contributed by atoms with E-state index in [-0.39, 0.29) is 23.3 Å². The Balaban J connectivity index is 1.80. The van der Waals surface area contributed by atoms with E-state index in [2.05, 4.69) is 5.32 Å². The highest BCUT2D eigenvalue weighted by Crippen LogP contribution is 2.34. The number of benzene rings is 2. The number of halogens is 1. The minimum Gasteiger partial charge on any atom is -0.506 e. The van der Waals surface area contributed by atoms with Crippen molar-refractivity contribution in [3.8, 4) is 17.2 Å². The second kappa shape index (κ2) is 6.05. The highest BCUT2D eigenvalue weighted by atomic mass is 35.5. The van der Waals surface area contributed by atoms with E-state index < -0.39 is 6.03 Å². The van der Waals surface area contributed by atoms with Gasteiger partial charge in [0, 0.05) is 11.8 Å². The number of rotatable bonds is 3. The number of urea groups is 1. The molecule has 0 aromatic heterocycles. The fourth-order valence-corrected chi connectivity index (χ4v) is 2.20. The van der Waals surface area contributed by atoms with Crippen LogP contribution in [-0.4, -0.2) is 24.3 Å². The normalized spacial score (nSPS) is 11.9. The average Bonchev–Trinajstić information content (AvgIpc) is 2.99. The molecule has 1 heterocycles. The molecule has 1 aliphatic heterocycles. The molecular formula is C15H11ClN2O5. The number of hydrogen-bond acceptors (Lipinski definition) is 5. The molecule has 23 heavy (non-hydrogen) atoms. The van der Waals surface area contributed by atoms with Crippen molar-refractivity contribution in [1.29, 1.82) is 0 Å². The Morgan fingerprint density at radius 3 is 2.74 bits per heavy atom. The van der Waals surface area contributed by atoms with E-state index in [0.717, 1.165) is 4.90 Å². The molecule has 0 saturated heterocycles. The highest BCUT2D eigenvalue weighted by molar-refractivity contribution is 6.32. The molecule has 0 saturated carbocycles. The molecule has 118 valence electrons. The summed E-state index contributed by atoms with van der Waals surface area (Å²) < 4.78 is 10.4. The maximum atomic E-state index is 12.2. The summed E-state index contributed by atoms with van der Waals surface area (Å²) in [6.45, 7) is 0.124. The molecular weight excluding hydrogens is 324 g/mol.